The topological polar surface area (TPSA) is 12.0 Å². The lowest BCUT2D eigenvalue weighted by atomic mass is 9.95. The largest absolute Gasteiger partial charge is 0.442 e. The summed E-state index contributed by atoms with van der Waals surface area (Å²) in [5.74, 6) is 0. The van der Waals surface area contributed by atoms with Crippen LogP contribution in [0.2, 0.25) is 0 Å². The molecule has 1 aliphatic carbocycles. The van der Waals surface area contributed by atoms with E-state index >= 15 is 0 Å². The summed E-state index contributed by atoms with van der Waals surface area (Å²) in [7, 11) is 1.81. The van der Waals surface area contributed by atoms with Gasteiger partial charge in [-0.25, -0.2) is 0 Å². The molecular formula is C8H14F3NS. The molecular weight excluding hydrogens is 199 g/mol. The summed E-state index contributed by atoms with van der Waals surface area (Å²) >= 11 is 0.157. The van der Waals surface area contributed by atoms with Crippen LogP contribution in [0.1, 0.15) is 25.7 Å². The number of hydrogen-bond acceptors (Lipinski definition) is 2. The van der Waals surface area contributed by atoms with Gasteiger partial charge in [0.25, 0.3) is 0 Å². The summed E-state index contributed by atoms with van der Waals surface area (Å²) < 4.78 is 36.0. The SMILES string of the molecule is CNC1CCCC(SC(F)(F)F)C1. The zero-order valence-electron chi connectivity index (χ0n) is 7.53. The van der Waals surface area contributed by atoms with Gasteiger partial charge in [-0.3, -0.25) is 0 Å². The maximum Gasteiger partial charge on any atom is 0.442 e. The summed E-state index contributed by atoms with van der Waals surface area (Å²) in [6.45, 7) is 0. The maximum absolute atomic E-state index is 12.0. The first-order valence-electron chi connectivity index (χ1n) is 4.43. The molecule has 1 aliphatic rings. The fourth-order valence-electron chi connectivity index (χ4n) is 1.70. The number of thioether (sulfide) groups is 1. The van der Waals surface area contributed by atoms with Crippen LogP contribution < -0.4 is 5.32 Å². The third kappa shape index (κ3) is 4.22. The Balaban J connectivity index is 2.34. The van der Waals surface area contributed by atoms with Gasteiger partial charge in [-0.2, -0.15) is 13.2 Å². The first-order chi connectivity index (χ1) is 6.01. The van der Waals surface area contributed by atoms with E-state index in [-0.39, 0.29) is 23.1 Å². The van der Waals surface area contributed by atoms with Gasteiger partial charge in [0.05, 0.1) is 0 Å². The van der Waals surface area contributed by atoms with Gasteiger partial charge in [0.1, 0.15) is 0 Å². The van der Waals surface area contributed by atoms with Crippen molar-refractivity contribution >= 4 is 11.8 Å². The molecule has 5 heteroatoms. The van der Waals surface area contributed by atoms with Crippen molar-refractivity contribution in [3.8, 4) is 0 Å². The average molecular weight is 213 g/mol. The quantitative estimate of drug-likeness (QED) is 0.757. The lowest BCUT2D eigenvalue weighted by Crippen LogP contribution is -2.33. The van der Waals surface area contributed by atoms with Crippen LogP contribution >= 0.6 is 11.8 Å². The first-order valence-corrected chi connectivity index (χ1v) is 5.31. The van der Waals surface area contributed by atoms with Crippen molar-refractivity contribution in [1.29, 1.82) is 0 Å². The Hall–Kier alpha value is 0.100. The average Bonchev–Trinajstić information content (AvgIpc) is 2.01. The molecule has 0 heterocycles. The van der Waals surface area contributed by atoms with E-state index in [1.54, 1.807) is 0 Å². The Morgan fingerprint density at radius 3 is 2.54 bits per heavy atom. The highest BCUT2D eigenvalue weighted by Crippen LogP contribution is 2.39. The Bertz CT molecular complexity index is 160. The molecule has 2 unspecified atom stereocenters. The van der Waals surface area contributed by atoms with Crippen molar-refractivity contribution < 1.29 is 13.2 Å². The van der Waals surface area contributed by atoms with Crippen LogP contribution in [-0.4, -0.2) is 23.8 Å². The Labute approximate surface area is 80.5 Å². The summed E-state index contributed by atoms with van der Waals surface area (Å²) in [4.78, 5) is 0. The minimum atomic E-state index is -4.07. The summed E-state index contributed by atoms with van der Waals surface area (Å²) in [5.41, 5.74) is -4.07. The van der Waals surface area contributed by atoms with Crippen molar-refractivity contribution in [2.45, 2.75) is 42.5 Å². The zero-order valence-corrected chi connectivity index (χ0v) is 8.34. The smallest absolute Gasteiger partial charge is 0.317 e. The Morgan fingerprint density at radius 2 is 2.00 bits per heavy atom. The lowest BCUT2D eigenvalue weighted by Gasteiger charge is -2.28. The molecule has 0 bridgehead atoms. The molecule has 0 amide bonds. The van der Waals surface area contributed by atoms with E-state index in [1.165, 1.54) is 0 Å². The van der Waals surface area contributed by atoms with Gasteiger partial charge < -0.3 is 5.32 Å². The van der Waals surface area contributed by atoms with Gasteiger partial charge >= 0.3 is 5.51 Å². The number of alkyl halides is 3. The van der Waals surface area contributed by atoms with E-state index < -0.39 is 5.51 Å². The van der Waals surface area contributed by atoms with Crippen LogP contribution in [0, 0.1) is 0 Å². The van der Waals surface area contributed by atoms with Gasteiger partial charge in [-0.05, 0) is 38.1 Å². The maximum atomic E-state index is 12.0. The molecule has 78 valence electrons. The first kappa shape index (κ1) is 11.2. The molecule has 0 radical (unpaired) electrons. The van der Waals surface area contributed by atoms with E-state index in [1.807, 2.05) is 7.05 Å². The van der Waals surface area contributed by atoms with Gasteiger partial charge in [-0.15, -0.1) is 0 Å². The molecule has 1 saturated carbocycles. The van der Waals surface area contributed by atoms with Crippen LogP contribution in [-0.2, 0) is 0 Å². The number of hydrogen-bond donors (Lipinski definition) is 1. The van der Waals surface area contributed by atoms with Gasteiger partial charge in [-0.1, -0.05) is 6.42 Å². The number of nitrogens with one attached hydrogen (secondary N) is 1. The molecule has 1 fully saturated rings. The molecule has 1 rings (SSSR count). The second-order valence-electron chi connectivity index (χ2n) is 3.34. The predicted molar refractivity (Wildman–Crippen MR) is 48.7 cm³/mol. The zero-order chi connectivity index (χ0) is 9.90. The van der Waals surface area contributed by atoms with Crippen LogP contribution in [0.15, 0.2) is 0 Å². The predicted octanol–water partition coefficient (Wildman–Crippen LogP) is 2.77. The third-order valence-electron chi connectivity index (χ3n) is 2.33. The molecule has 2 atom stereocenters. The van der Waals surface area contributed by atoms with Crippen molar-refractivity contribution in [3.63, 3.8) is 0 Å². The summed E-state index contributed by atoms with van der Waals surface area (Å²) in [5, 5.41) is 2.79. The van der Waals surface area contributed by atoms with E-state index in [0.29, 0.717) is 12.8 Å². The number of halogens is 3. The monoisotopic (exact) mass is 213 g/mol. The van der Waals surface area contributed by atoms with Gasteiger partial charge in [0, 0.05) is 11.3 Å². The van der Waals surface area contributed by atoms with Crippen LogP contribution in [0.5, 0.6) is 0 Å². The molecule has 0 spiro atoms. The molecule has 1 nitrogen and oxygen atoms in total. The minimum Gasteiger partial charge on any atom is -0.317 e. The van der Waals surface area contributed by atoms with Crippen LogP contribution in [0.4, 0.5) is 13.2 Å². The molecule has 0 aromatic carbocycles. The van der Waals surface area contributed by atoms with Crippen molar-refractivity contribution in [2.24, 2.45) is 0 Å². The highest BCUT2D eigenvalue weighted by atomic mass is 32.2. The highest BCUT2D eigenvalue weighted by Gasteiger charge is 2.35. The van der Waals surface area contributed by atoms with Crippen LogP contribution in [0.3, 0.4) is 0 Å². The van der Waals surface area contributed by atoms with Gasteiger partial charge in [0.15, 0.2) is 0 Å². The van der Waals surface area contributed by atoms with Crippen molar-refractivity contribution in [1.82, 2.24) is 5.32 Å². The second-order valence-corrected chi connectivity index (χ2v) is 4.70. The third-order valence-corrected chi connectivity index (χ3v) is 3.36. The second kappa shape index (κ2) is 4.55. The Morgan fingerprint density at radius 1 is 1.31 bits per heavy atom. The van der Waals surface area contributed by atoms with E-state index in [2.05, 4.69) is 5.32 Å². The molecule has 1 N–H and O–H groups in total. The summed E-state index contributed by atoms with van der Waals surface area (Å²) in [6, 6.07) is 0.272. The van der Waals surface area contributed by atoms with E-state index in [4.69, 9.17) is 0 Å². The molecule has 0 aromatic heterocycles. The van der Waals surface area contributed by atoms with Crippen molar-refractivity contribution in [3.05, 3.63) is 0 Å². The van der Waals surface area contributed by atoms with E-state index in [9.17, 15) is 13.2 Å². The number of rotatable bonds is 2. The molecule has 0 aromatic rings. The van der Waals surface area contributed by atoms with Crippen molar-refractivity contribution in [2.75, 3.05) is 7.05 Å². The minimum absolute atomic E-state index is 0.157. The normalized spacial score (nSPS) is 30.5. The summed E-state index contributed by atoms with van der Waals surface area (Å²) in [6.07, 6.45) is 3.24. The molecule has 0 saturated heterocycles. The highest BCUT2D eigenvalue weighted by molar-refractivity contribution is 8.00. The van der Waals surface area contributed by atoms with Gasteiger partial charge in [0.2, 0.25) is 0 Å². The standard InChI is InChI=1S/C8H14F3NS/c1-12-6-3-2-4-7(5-6)13-8(9,10)11/h6-7,12H,2-5H2,1H3. The lowest BCUT2D eigenvalue weighted by molar-refractivity contribution is -0.0336. The van der Waals surface area contributed by atoms with Crippen LogP contribution in [0.25, 0.3) is 0 Å². The fourth-order valence-corrected chi connectivity index (χ4v) is 2.69. The molecule has 0 aliphatic heterocycles. The molecule has 13 heavy (non-hydrogen) atoms. The Kier molecular flexibility index (Phi) is 3.91. The van der Waals surface area contributed by atoms with E-state index in [0.717, 1.165) is 12.8 Å². The fraction of sp³-hybridized carbons (Fsp3) is 1.00.